The number of rotatable bonds is 4. The van der Waals surface area contributed by atoms with Crippen molar-refractivity contribution < 1.29 is 9.32 Å². The molecule has 0 bridgehead atoms. The molecule has 1 rings (SSSR count). The van der Waals surface area contributed by atoms with Gasteiger partial charge in [-0.05, 0) is 31.0 Å². The van der Waals surface area contributed by atoms with Crippen molar-refractivity contribution in [3.8, 4) is 0 Å². The summed E-state index contributed by atoms with van der Waals surface area (Å²) >= 11 is 1.24. The van der Waals surface area contributed by atoms with Crippen LogP contribution in [0.4, 0.5) is 0 Å². The molecule has 4 nitrogen and oxygen atoms in total. The van der Waals surface area contributed by atoms with Gasteiger partial charge in [0.15, 0.2) is 0 Å². The lowest BCUT2D eigenvalue weighted by atomic mass is 10.1. The summed E-state index contributed by atoms with van der Waals surface area (Å²) < 4.78 is 24.5. The monoisotopic (exact) mass is 334 g/mol. The fraction of sp³-hybridized carbons (Fsp3) is 0.692. The van der Waals surface area contributed by atoms with Crippen LogP contribution in [0.5, 0.6) is 0 Å². The zero-order chi connectivity index (χ0) is 16.0. The first-order valence-electron chi connectivity index (χ1n) is 6.57. The molecule has 20 heavy (non-hydrogen) atoms. The second kappa shape index (κ2) is 5.21. The van der Waals surface area contributed by atoms with Crippen LogP contribution in [0.2, 0.25) is 18.1 Å². The average Bonchev–Trinajstić information content (AvgIpc) is 2.61. The lowest BCUT2D eigenvalue weighted by molar-refractivity contribution is 0.0825. The summed E-state index contributed by atoms with van der Waals surface area (Å²) in [5.41, 5.74) is -0.963. The topological polar surface area (TPSA) is 73.2 Å². The highest BCUT2D eigenvalue weighted by Gasteiger charge is 2.38. The molecule has 116 valence electrons. The highest BCUT2D eigenvalue weighted by Crippen LogP contribution is 2.36. The third-order valence-electron chi connectivity index (χ3n) is 3.74. The largest absolute Gasteiger partial charge is 0.385 e. The van der Waals surface area contributed by atoms with E-state index in [2.05, 4.69) is 38.3 Å². The van der Waals surface area contributed by atoms with Crippen LogP contribution in [0.3, 0.4) is 0 Å². The van der Waals surface area contributed by atoms with E-state index in [1.165, 1.54) is 11.3 Å². The summed E-state index contributed by atoms with van der Waals surface area (Å²) in [4.78, 5) is 0.726. The molecular formula is C13H26N2O2S2Si. The van der Waals surface area contributed by atoms with Gasteiger partial charge in [-0.2, -0.15) is 0 Å². The Hall–Kier alpha value is -0.213. The molecule has 0 saturated heterocycles. The van der Waals surface area contributed by atoms with Gasteiger partial charge in [0.1, 0.15) is 22.4 Å². The summed E-state index contributed by atoms with van der Waals surface area (Å²) in [5.74, 6) is 0. The Labute approximate surface area is 127 Å². The van der Waals surface area contributed by atoms with Crippen LogP contribution in [0.25, 0.3) is 0 Å². The summed E-state index contributed by atoms with van der Waals surface area (Å²) in [6, 6.07) is 3.44. The summed E-state index contributed by atoms with van der Waals surface area (Å²) in [7, 11) is -5.05. The van der Waals surface area contributed by atoms with Gasteiger partial charge in [-0.25, -0.2) is 13.4 Å². The minimum absolute atomic E-state index is 0.00699. The maximum atomic E-state index is 12.7. The van der Waals surface area contributed by atoms with Gasteiger partial charge >= 0.3 is 0 Å². The molecule has 0 aliphatic carbocycles. The van der Waals surface area contributed by atoms with Crippen LogP contribution in [-0.4, -0.2) is 17.6 Å². The number of thiophene rings is 1. The Bertz CT molecular complexity index is 578. The van der Waals surface area contributed by atoms with E-state index in [-0.39, 0.29) is 5.04 Å². The number of hydrogen-bond acceptors (Lipinski definition) is 4. The highest BCUT2D eigenvalue weighted by atomic mass is 32.2. The van der Waals surface area contributed by atoms with Crippen molar-refractivity contribution in [2.45, 2.75) is 62.6 Å². The van der Waals surface area contributed by atoms with E-state index in [0.717, 1.165) is 4.88 Å². The molecule has 0 spiro atoms. The lowest BCUT2D eigenvalue weighted by Crippen LogP contribution is -2.53. The lowest BCUT2D eigenvalue weighted by Gasteiger charge is -2.37. The molecule has 0 fully saturated rings. The molecule has 1 atom stereocenters. The average molecular weight is 335 g/mol. The van der Waals surface area contributed by atoms with E-state index in [9.17, 15) is 9.32 Å². The molecule has 1 unspecified atom stereocenters. The molecular weight excluding hydrogens is 308 g/mol. The fourth-order valence-corrected chi connectivity index (χ4v) is 7.98. The van der Waals surface area contributed by atoms with Crippen molar-refractivity contribution in [2.75, 3.05) is 0 Å². The summed E-state index contributed by atoms with van der Waals surface area (Å²) in [6.07, 6.45) is 0. The molecule has 7 heteroatoms. The van der Waals surface area contributed by atoms with Gasteiger partial charge in [0.05, 0.1) is 5.60 Å². The first kappa shape index (κ1) is 17.8. The smallest absolute Gasteiger partial charge is 0.140 e. The quantitative estimate of drug-likeness (QED) is 0.731. The minimum Gasteiger partial charge on any atom is -0.385 e. The van der Waals surface area contributed by atoms with Gasteiger partial charge in [-0.15, -0.1) is 11.3 Å². The van der Waals surface area contributed by atoms with Crippen LogP contribution in [0.15, 0.2) is 16.3 Å². The molecule has 0 saturated carbocycles. The Balaban J connectivity index is 3.10. The Morgan fingerprint density at radius 1 is 1.25 bits per heavy atom. The molecule has 0 amide bonds. The third-order valence-corrected chi connectivity index (χ3v) is 13.5. The van der Waals surface area contributed by atoms with Crippen LogP contribution in [-0.2, 0) is 15.5 Å². The SMILES string of the molecule is CC(C)(O)c1ccc(S(=N)(=O)N[Si](C)(C)C(C)(C)C)s1. The van der Waals surface area contributed by atoms with Gasteiger partial charge in [0, 0.05) is 4.88 Å². The number of nitrogens with one attached hydrogen (secondary N) is 2. The van der Waals surface area contributed by atoms with Gasteiger partial charge in [0.2, 0.25) is 0 Å². The van der Waals surface area contributed by atoms with Crippen molar-refractivity contribution in [3.05, 3.63) is 17.0 Å². The van der Waals surface area contributed by atoms with Crippen LogP contribution >= 0.6 is 11.3 Å². The van der Waals surface area contributed by atoms with E-state index in [1.807, 2.05) is 0 Å². The van der Waals surface area contributed by atoms with Crippen molar-refractivity contribution in [3.63, 3.8) is 0 Å². The van der Waals surface area contributed by atoms with Gasteiger partial charge < -0.3 is 5.11 Å². The van der Waals surface area contributed by atoms with Crippen LogP contribution in [0, 0.1) is 4.78 Å². The van der Waals surface area contributed by atoms with Crippen molar-refractivity contribution in [1.29, 1.82) is 4.78 Å². The zero-order valence-corrected chi connectivity index (χ0v) is 16.0. The minimum atomic E-state index is -3.02. The molecule has 0 aliphatic rings. The van der Waals surface area contributed by atoms with Crippen molar-refractivity contribution >= 4 is 29.5 Å². The molecule has 1 aromatic heterocycles. The highest BCUT2D eigenvalue weighted by molar-refractivity contribution is 7.94. The standard InChI is InChI=1S/C13H26N2O2S2Si/c1-12(2,3)20(6,7)15-19(14,17)11-9-8-10(18-11)13(4,5)16/h8-9,16H,1-7H3,(H2,14,15,17). The molecule has 3 N–H and O–H groups in total. The molecule has 1 heterocycles. The number of hydrogen-bond donors (Lipinski definition) is 3. The van der Waals surface area contributed by atoms with E-state index >= 15 is 0 Å². The Kier molecular flexibility index (Phi) is 4.64. The first-order valence-corrected chi connectivity index (χ1v) is 11.9. The molecule has 0 aromatic carbocycles. The normalized spacial score (nSPS) is 17.0. The summed E-state index contributed by atoms with van der Waals surface area (Å²) in [5, 5.41) is 9.98. The second-order valence-corrected chi connectivity index (χ2v) is 15.7. The number of aliphatic hydroxyl groups is 1. The Morgan fingerprint density at radius 3 is 2.10 bits per heavy atom. The predicted molar refractivity (Wildman–Crippen MR) is 89.0 cm³/mol. The molecule has 0 radical (unpaired) electrons. The molecule has 0 aliphatic heterocycles. The van der Waals surface area contributed by atoms with E-state index in [0.29, 0.717) is 4.21 Å². The summed E-state index contributed by atoms with van der Waals surface area (Å²) in [6.45, 7) is 13.9. The third kappa shape index (κ3) is 3.91. The zero-order valence-electron chi connectivity index (χ0n) is 13.3. The molecule has 1 aromatic rings. The van der Waals surface area contributed by atoms with Crippen molar-refractivity contribution in [1.82, 2.24) is 4.39 Å². The fourth-order valence-electron chi connectivity index (χ4n) is 1.37. The maximum Gasteiger partial charge on any atom is 0.140 e. The first-order chi connectivity index (χ1) is 8.67. The van der Waals surface area contributed by atoms with Gasteiger partial charge in [-0.1, -0.05) is 33.9 Å². The maximum absolute atomic E-state index is 12.7. The predicted octanol–water partition coefficient (Wildman–Crippen LogP) is 3.89. The van der Waals surface area contributed by atoms with Crippen LogP contribution in [0.1, 0.15) is 39.5 Å². The van der Waals surface area contributed by atoms with Crippen LogP contribution < -0.4 is 4.39 Å². The van der Waals surface area contributed by atoms with Gasteiger partial charge in [0.25, 0.3) is 0 Å². The van der Waals surface area contributed by atoms with E-state index in [4.69, 9.17) is 4.78 Å². The van der Waals surface area contributed by atoms with E-state index < -0.39 is 23.8 Å². The van der Waals surface area contributed by atoms with Crippen molar-refractivity contribution in [2.24, 2.45) is 0 Å². The Morgan fingerprint density at radius 2 is 1.75 bits per heavy atom. The second-order valence-electron chi connectivity index (χ2n) is 7.21. The van der Waals surface area contributed by atoms with E-state index in [1.54, 1.807) is 26.0 Å². The van der Waals surface area contributed by atoms with Gasteiger partial charge in [-0.3, -0.25) is 0 Å².